The Kier molecular flexibility index (Phi) is 3.89. The third kappa shape index (κ3) is 2.71. The van der Waals surface area contributed by atoms with Gasteiger partial charge in [-0.05, 0) is 18.9 Å². The van der Waals surface area contributed by atoms with E-state index < -0.39 is 0 Å². The van der Waals surface area contributed by atoms with Gasteiger partial charge in [0.25, 0.3) is 0 Å². The van der Waals surface area contributed by atoms with E-state index in [9.17, 15) is 4.79 Å². The van der Waals surface area contributed by atoms with Crippen LogP contribution in [0.4, 0.5) is 0 Å². The van der Waals surface area contributed by atoms with Gasteiger partial charge in [0, 0.05) is 24.6 Å². The average Bonchev–Trinajstić information content (AvgIpc) is 2.59. The molecule has 0 spiro atoms. The van der Waals surface area contributed by atoms with Gasteiger partial charge in [-0.15, -0.1) is 0 Å². The van der Waals surface area contributed by atoms with Crippen LogP contribution in [0.1, 0.15) is 45.5 Å². The van der Waals surface area contributed by atoms with Crippen molar-refractivity contribution in [3.05, 3.63) is 17.5 Å². The molecule has 0 aliphatic heterocycles. The van der Waals surface area contributed by atoms with E-state index in [4.69, 9.17) is 0 Å². The van der Waals surface area contributed by atoms with E-state index in [1.807, 2.05) is 31.6 Å². The topological polar surface area (TPSA) is 34.9 Å². The molecule has 0 aromatic carbocycles. The first-order valence-corrected chi connectivity index (χ1v) is 5.95. The van der Waals surface area contributed by atoms with Crippen LogP contribution in [-0.4, -0.2) is 15.6 Å². The maximum absolute atomic E-state index is 12.1. The fraction of sp³-hybridized carbons (Fsp3) is 0.692. The first-order valence-electron chi connectivity index (χ1n) is 5.95. The van der Waals surface area contributed by atoms with E-state index in [1.165, 1.54) is 0 Å². The van der Waals surface area contributed by atoms with Gasteiger partial charge in [-0.2, -0.15) is 5.10 Å². The number of rotatable bonds is 5. The van der Waals surface area contributed by atoms with Gasteiger partial charge in [-0.1, -0.05) is 27.7 Å². The molecule has 0 saturated heterocycles. The molecule has 0 atom stereocenters. The number of Topliss-reactive ketones (excluding diaryl/α,β-unsaturated/α-hetero) is 1. The molecule has 3 nitrogen and oxygen atoms in total. The van der Waals surface area contributed by atoms with Crippen LogP contribution in [0.15, 0.2) is 6.07 Å². The highest BCUT2D eigenvalue weighted by atomic mass is 16.1. The summed E-state index contributed by atoms with van der Waals surface area (Å²) in [5, 5.41) is 4.35. The molecule has 0 aliphatic carbocycles. The Bertz CT molecular complexity index is 377. The Labute approximate surface area is 97.8 Å². The predicted molar refractivity (Wildman–Crippen MR) is 65.4 cm³/mol. The zero-order chi connectivity index (χ0) is 12.3. The molecular formula is C13H22N2O. The molecule has 16 heavy (non-hydrogen) atoms. The van der Waals surface area contributed by atoms with Gasteiger partial charge in [0.05, 0.1) is 5.69 Å². The van der Waals surface area contributed by atoms with Crippen molar-refractivity contribution in [1.82, 2.24) is 9.78 Å². The normalized spacial score (nSPS) is 11.8. The maximum atomic E-state index is 12.1. The van der Waals surface area contributed by atoms with Gasteiger partial charge in [-0.25, -0.2) is 0 Å². The lowest BCUT2D eigenvalue weighted by Crippen LogP contribution is -2.25. The third-order valence-corrected chi connectivity index (χ3v) is 3.37. The monoisotopic (exact) mass is 222 g/mol. The molecule has 90 valence electrons. The summed E-state index contributed by atoms with van der Waals surface area (Å²) < 4.78 is 1.82. The lowest BCUT2D eigenvalue weighted by atomic mass is 9.83. The van der Waals surface area contributed by atoms with Crippen molar-refractivity contribution in [2.75, 3.05) is 0 Å². The minimum atomic E-state index is -0.226. The van der Waals surface area contributed by atoms with E-state index in [-0.39, 0.29) is 5.41 Å². The van der Waals surface area contributed by atoms with Gasteiger partial charge in [0.15, 0.2) is 0 Å². The van der Waals surface area contributed by atoms with Crippen molar-refractivity contribution in [1.29, 1.82) is 0 Å². The summed E-state index contributed by atoms with van der Waals surface area (Å²) in [4.78, 5) is 12.1. The molecule has 0 unspecified atom stereocenters. The van der Waals surface area contributed by atoms with E-state index in [0.29, 0.717) is 12.2 Å². The van der Waals surface area contributed by atoms with Gasteiger partial charge < -0.3 is 0 Å². The van der Waals surface area contributed by atoms with Crippen molar-refractivity contribution >= 4 is 5.78 Å². The number of carbonyl (C=O) groups excluding carboxylic acids is 1. The second kappa shape index (κ2) is 4.81. The van der Waals surface area contributed by atoms with Crippen LogP contribution in [-0.2, 0) is 24.7 Å². The Morgan fingerprint density at radius 1 is 1.44 bits per heavy atom. The van der Waals surface area contributed by atoms with Crippen LogP contribution in [0.25, 0.3) is 0 Å². The summed E-state index contributed by atoms with van der Waals surface area (Å²) in [6, 6.07) is 2.03. The molecule has 0 saturated carbocycles. The first kappa shape index (κ1) is 12.9. The van der Waals surface area contributed by atoms with Gasteiger partial charge in [0.2, 0.25) is 0 Å². The molecule has 1 heterocycles. The second-order valence-corrected chi connectivity index (χ2v) is 4.94. The fourth-order valence-electron chi connectivity index (χ4n) is 1.51. The molecule has 0 radical (unpaired) electrons. The summed E-state index contributed by atoms with van der Waals surface area (Å²) >= 11 is 0. The number of carbonyl (C=O) groups is 1. The largest absolute Gasteiger partial charge is 0.299 e. The number of hydrogen-bond acceptors (Lipinski definition) is 2. The molecule has 0 fully saturated rings. The summed E-state index contributed by atoms with van der Waals surface area (Å²) in [5.74, 6) is 0.292. The summed E-state index contributed by atoms with van der Waals surface area (Å²) in [7, 11) is 1.90. The van der Waals surface area contributed by atoms with E-state index >= 15 is 0 Å². The van der Waals surface area contributed by atoms with E-state index in [1.54, 1.807) is 0 Å². The highest BCUT2D eigenvalue weighted by molar-refractivity contribution is 5.85. The molecule has 0 N–H and O–H groups in total. The highest BCUT2D eigenvalue weighted by Gasteiger charge is 2.25. The summed E-state index contributed by atoms with van der Waals surface area (Å²) in [6.07, 6.45) is 2.29. The lowest BCUT2D eigenvalue weighted by Gasteiger charge is -2.20. The van der Waals surface area contributed by atoms with Gasteiger partial charge in [0.1, 0.15) is 5.78 Å². The smallest absolute Gasteiger partial charge is 0.144 e. The SMILES string of the molecule is CCc1cc(CC(=O)C(C)(C)CC)n(C)n1. The molecule has 0 aliphatic rings. The quantitative estimate of drug-likeness (QED) is 0.767. The molecular weight excluding hydrogens is 200 g/mol. The molecule has 0 bridgehead atoms. The van der Waals surface area contributed by atoms with Crippen LogP contribution in [0.3, 0.4) is 0 Å². The number of hydrogen-bond donors (Lipinski definition) is 0. The Balaban J connectivity index is 2.80. The summed E-state index contributed by atoms with van der Waals surface area (Å²) in [5.41, 5.74) is 1.85. The van der Waals surface area contributed by atoms with Crippen molar-refractivity contribution in [2.45, 2.75) is 47.0 Å². The fourth-order valence-corrected chi connectivity index (χ4v) is 1.51. The van der Waals surface area contributed by atoms with Crippen molar-refractivity contribution in [2.24, 2.45) is 12.5 Å². The van der Waals surface area contributed by atoms with Gasteiger partial charge in [-0.3, -0.25) is 9.48 Å². The number of aryl methyl sites for hydroxylation is 2. The van der Waals surface area contributed by atoms with Crippen LogP contribution in [0, 0.1) is 5.41 Å². The average molecular weight is 222 g/mol. The molecule has 1 aromatic heterocycles. The standard InChI is InChI=1S/C13H22N2O/c1-6-10-8-11(15(5)14-10)9-12(16)13(3,4)7-2/h8H,6-7,9H2,1-5H3. The maximum Gasteiger partial charge on any atom is 0.144 e. The number of aromatic nitrogens is 2. The lowest BCUT2D eigenvalue weighted by molar-refractivity contribution is -0.126. The Hall–Kier alpha value is -1.12. The van der Waals surface area contributed by atoms with Crippen LogP contribution in [0.2, 0.25) is 0 Å². The molecule has 1 rings (SSSR count). The summed E-state index contributed by atoms with van der Waals surface area (Å²) in [6.45, 7) is 8.14. The third-order valence-electron chi connectivity index (χ3n) is 3.37. The number of nitrogens with zero attached hydrogens (tertiary/aromatic N) is 2. The van der Waals surface area contributed by atoms with E-state index in [2.05, 4.69) is 18.9 Å². The van der Waals surface area contributed by atoms with Crippen LogP contribution >= 0.6 is 0 Å². The zero-order valence-corrected chi connectivity index (χ0v) is 11.0. The first-order chi connectivity index (χ1) is 7.40. The Morgan fingerprint density at radius 3 is 2.50 bits per heavy atom. The zero-order valence-electron chi connectivity index (χ0n) is 11.0. The molecule has 3 heteroatoms. The van der Waals surface area contributed by atoms with Crippen molar-refractivity contribution in [3.8, 4) is 0 Å². The van der Waals surface area contributed by atoms with Crippen LogP contribution in [0.5, 0.6) is 0 Å². The van der Waals surface area contributed by atoms with Gasteiger partial charge >= 0.3 is 0 Å². The van der Waals surface area contributed by atoms with E-state index in [0.717, 1.165) is 24.2 Å². The molecule has 0 amide bonds. The van der Waals surface area contributed by atoms with Crippen LogP contribution < -0.4 is 0 Å². The highest BCUT2D eigenvalue weighted by Crippen LogP contribution is 2.23. The second-order valence-electron chi connectivity index (χ2n) is 4.94. The predicted octanol–water partition coefficient (Wildman–Crippen LogP) is 2.53. The van der Waals surface area contributed by atoms with Crippen molar-refractivity contribution in [3.63, 3.8) is 0 Å². The minimum Gasteiger partial charge on any atom is -0.299 e. The Morgan fingerprint density at radius 2 is 2.06 bits per heavy atom. The molecule has 1 aromatic rings. The number of ketones is 1. The minimum absolute atomic E-state index is 0.226. The van der Waals surface area contributed by atoms with Crippen molar-refractivity contribution < 1.29 is 4.79 Å².